The van der Waals surface area contributed by atoms with Gasteiger partial charge >= 0.3 is 0 Å². The molecule has 0 radical (unpaired) electrons. The molecule has 1 amide bonds. The van der Waals surface area contributed by atoms with Crippen LogP contribution in [0, 0.1) is 10.1 Å². The molecule has 0 saturated heterocycles. The average molecular weight is 290 g/mol. The van der Waals surface area contributed by atoms with E-state index in [1.165, 1.54) is 30.5 Å². The monoisotopic (exact) mass is 290 g/mol. The third-order valence-electron chi connectivity index (χ3n) is 2.92. The number of amides is 1. The highest BCUT2D eigenvalue weighted by atomic mass is 16.6. The maximum Gasteiger partial charge on any atom is 0.269 e. The Morgan fingerprint density at radius 2 is 2.05 bits per heavy atom. The zero-order valence-corrected chi connectivity index (χ0v) is 11.1. The Bertz CT molecular complexity index is 607. The summed E-state index contributed by atoms with van der Waals surface area (Å²) in [6, 6.07) is 8.47. The second-order valence-corrected chi connectivity index (χ2v) is 4.42. The number of nitro groups is 1. The van der Waals surface area contributed by atoms with Gasteiger partial charge in [0.15, 0.2) is 0 Å². The molecule has 0 bridgehead atoms. The predicted octanol–water partition coefficient (Wildman–Crippen LogP) is 1.58. The number of nitrogens with zero attached hydrogens (tertiary/aromatic N) is 1. The number of nitro benzene ring substituents is 1. The molecule has 0 aliphatic heterocycles. The molecule has 2 N–H and O–H groups in total. The largest absolute Gasteiger partial charge is 0.467 e. The molecule has 1 aromatic heterocycles. The van der Waals surface area contributed by atoms with Crippen LogP contribution in [0.1, 0.15) is 17.4 Å². The summed E-state index contributed by atoms with van der Waals surface area (Å²) in [7, 11) is 0. The van der Waals surface area contributed by atoms with Crippen molar-refractivity contribution in [2.24, 2.45) is 0 Å². The van der Waals surface area contributed by atoms with E-state index in [2.05, 4.69) is 5.32 Å². The highest BCUT2D eigenvalue weighted by Gasteiger charge is 2.16. The molecule has 0 spiro atoms. The molecule has 21 heavy (non-hydrogen) atoms. The first-order valence-corrected chi connectivity index (χ1v) is 6.27. The van der Waals surface area contributed by atoms with E-state index in [4.69, 9.17) is 4.42 Å². The van der Waals surface area contributed by atoms with Gasteiger partial charge in [-0.1, -0.05) is 12.1 Å². The summed E-state index contributed by atoms with van der Waals surface area (Å²) in [5, 5.41) is 22.4. The molecule has 1 unspecified atom stereocenters. The molecule has 1 atom stereocenters. The van der Waals surface area contributed by atoms with Gasteiger partial charge in [-0.05, 0) is 17.7 Å². The molecule has 2 aromatic rings. The smallest absolute Gasteiger partial charge is 0.269 e. The Labute approximate surface area is 120 Å². The second-order valence-electron chi connectivity index (χ2n) is 4.42. The van der Waals surface area contributed by atoms with Crippen LogP contribution >= 0.6 is 0 Å². The number of carbonyl (C=O) groups is 1. The van der Waals surface area contributed by atoms with Crippen LogP contribution in [0.15, 0.2) is 47.1 Å². The van der Waals surface area contributed by atoms with Gasteiger partial charge in [-0.3, -0.25) is 14.9 Å². The molecular weight excluding hydrogens is 276 g/mol. The second kappa shape index (κ2) is 6.67. The Balaban J connectivity index is 1.96. The summed E-state index contributed by atoms with van der Waals surface area (Å²) in [5.74, 6) is 0.161. The lowest BCUT2D eigenvalue weighted by Gasteiger charge is -2.13. The van der Waals surface area contributed by atoms with Gasteiger partial charge in [0.25, 0.3) is 5.69 Å². The van der Waals surface area contributed by atoms with Gasteiger partial charge in [-0.15, -0.1) is 0 Å². The quantitative estimate of drug-likeness (QED) is 0.620. The first-order chi connectivity index (χ1) is 10.1. The summed E-state index contributed by atoms with van der Waals surface area (Å²) < 4.78 is 5.13. The molecular formula is C14H14N2O5. The van der Waals surface area contributed by atoms with Crippen LogP contribution in [0.4, 0.5) is 5.69 Å². The van der Waals surface area contributed by atoms with Crippen molar-refractivity contribution >= 4 is 11.6 Å². The predicted molar refractivity (Wildman–Crippen MR) is 73.5 cm³/mol. The zero-order chi connectivity index (χ0) is 15.2. The summed E-state index contributed by atoms with van der Waals surface area (Å²) in [6.07, 6.45) is 1.52. The lowest BCUT2D eigenvalue weighted by atomic mass is 10.1. The van der Waals surface area contributed by atoms with Gasteiger partial charge in [-0.25, -0.2) is 0 Å². The molecule has 0 aliphatic rings. The van der Waals surface area contributed by atoms with Gasteiger partial charge in [0.05, 0.1) is 24.2 Å². The van der Waals surface area contributed by atoms with Crippen LogP contribution in [0.25, 0.3) is 0 Å². The Kier molecular flexibility index (Phi) is 4.68. The van der Waals surface area contributed by atoms with Crippen LogP contribution < -0.4 is 5.32 Å². The van der Waals surface area contributed by atoms with Crippen molar-refractivity contribution in [2.45, 2.75) is 12.5 Å². The third kappa shape index (κ3) is 3.90. The van der Waals surface area contributed by atoms with Crippen molar-refractivity contribution < 1.29 is 19.2 Å². The fraction of sp³-hybridized carbons (Fsp3) is 0.214. The minimum Gasteiger partial charge on any atom is -0.467 e. The van der Waals surface area contributed by atoms with Crippen LogP contribution in [0.5, 0.6) is 0 Å². The van der Waals surface area contributed by atoms with E-state index in [9.17, 15) is 20.0 Å². The number of furan rings is 1. The normalized spacial score (nSPS) is 11.9. The van der Waals surface area contributed by atoms with Gasteiger partial charge in [0.2, 0.25) is 5.91 Å². The number of aliphatic hydroxyl groups excluding tert-OH is 1. The molecule has 0 saturated carbocycles. The number of benzene rings is 1. The Morgan fingerprint density at radius 1 is 1.33 bits per heavy atom. The number of non-ortho nitro benzene ring substituents is 1. The number of carbonyl (C=O) groups excluding carboxylic acids is 1. The Morgan fingerprint density at radius 3 is 2.57 bits per heavy atom. The first-order valence-electron chi connectivity index (χ1n) is 6.27. The average Bonchev–Trinajstić information content (AvgIpc) is 2.99. The number of hydrogen-bond acceptors (Lipinski definition) is 5. The number of hydrogen-bond donors (Lipinski definition) is 2. The lowest BCUT2D eigenvalue weighted by Crippen LogP contribution is -2.31. The molecule has 2 rings (SSSR count). The van der Waals surface area contributed by atoms with Crippen molar-refractivity contribution in [3.63, 3.8) is 0 Å². The van der Waals surface area contributed by atoms with Crippen LogP contribution in [0.3, 0.4) is 0 Å². The minimum absolute atomic E-state index is 0.0250. The van der Waals surface area contributed by atoms with E-state index in [1.54, 1.807) is 12.1 Å². The molecule has 110 valence electrons. The fourth-order valence-electron chi connectivity index (χ4n) is 1.86. The third-order valence-corrected chi connectivity index (χ3v) is 2.92. The fourth-order valence-corrected chi connectivity index (χ4v) is 1.86. The maximum absolute atomic E-state index is 11.9. The molecule has 1 aromatic carbocycles. The van der Waals surface area contributed by atoms with Crippen molar-refractivity contribution in [2.75, 3.05) is 6.61 Å². The van der Waals surface area contributed by atoms with Gasteiger partial charge < -0.3 is 14.8 Å². The molecule has 0 fully saturated rings. The molecule has 7 nitrogen and oxygen atoms in total. The topological polar surface area (TPSA) is 106 Å². The molecule has 7 heteroatoms. The van der Waals surface area contributed by atoms with Crippen molar-refractivity contribution in [3.8, 4) is 0 Å². The first kappa shape index (κ1) is 14.7. The van der Waals surface area contributed by atoms with Crippen molar-refractivity contribution in [3.05, 3.63) is 64.1 Å². The van der Waals surface area contributed by atoms with E-state index in [1.807, 2.05) is 0 Å². The maximum atomic E-state index is 11.9. The van der Waals surface area contributed by atoms with Gasteiger partial charge in [-0.2, -0.15) is 0 Å². The standard InChI is InChI=1S/C14H14N2O5/c17-9-12(13-2-1-7-21-13)15-14(18)8-10-3-5-11(6-4-10)16(19)20/h1-7,12,17H,8-9H2,(H,15,18). The van der Waals surface area contributed by atoms with Crippen molar-refractivity contribution in [1.82, 2.24) is 5.32 Å². The number of rotatable bonds is 6. The van der Waals surface area contributed by atoms with Gasteiger partial charge in [0.1, 0.15) is 11.8 Å². The summed E-state index contributed by atoms with van der Waals surface area (Å²) in [6.45, 7) is -0.278. The summed E-state index contributed by atoms with van der Waals surface area (Å²) in [5.41, 5.74) is 0.622. The SMILES string of the molecule is O=C(Cc1ccc([N+](=O)[O-])cc1)NC(CO)c1ccco1. The number of nitrogens with one attached hydrogen (secondary N) is 1. The highest BCUT2D eigenvalue weighted by Crippen LogP contribution is 2.14. The van der Waals surface area contributed by atoms with Crippen LogP contribution in [-0.2, 0) is 11.2 Å². The van der Waals surface area contributed by atoms with Crippen LogP contribution in [-0.4, -0.2) is 22.5 Å². The summed E-state index contributed by atoms with van der Waals surface area (Å²) >= 11 is 0. The minimum atomic E-state index is -0.606. The summed E-state index contributed by atoms with van der Waals surface area (Å²) in [4.78, 5) is 21.9. The molecule has 0 aliphatic carbocycles. The van der Waals surface area contributed by atoms with Crippen LogP contribution in [0.2, 0.25) is 0 Å². The van der Waals surface area contributed by atoms with E-state index < -0.39 is 11.0 Å². The van der Waals surface area contributed by atoms with Crippen molar-refractivity contribution in [1.29, 1.82) is 0 Å². The lowest BCUT2D eigenvalue weighted by molar-refractivity contribution is -0.384. The molecule has 1 heterocycles. The Hall–Kier alpha value is -2.67. The van der Waals surface area contributed by atoms with E-state index in [0.717, 1.165) is 0 Å². The zero-order valence-electron chi connectivity index (χ0n) is 11.1. The number of aliphatic hydroxyl groups is 1. The van der Waals surface area contributed by atoms with E-state index in [0.29, 0.717) is 11.3 Å². The highest BCUT2D eigenvalue weighted by molar-refractivity contribution is 5.79. The van der Waals surface area contributed by atoms with Gasteiger partial charge in [0, 0.05) is 12.1 Å². The van der Waals surface area contributed by atoms with E-state index in [-0.39, 0.29) is 24.6 Å². The van der Waals surface area contributed by atoms with E-state index >= 15 is 0 Å².